The SMILES string of the molecule is Cl.Cl.Cl.Cl.NCCCCC(N)C(=O)O. The number of hydrogen-bond donors (Lipinski definition) is 3. The zero-order chi connectivity index (χ0) is 7.98. The lowest BCUT2D eigenvalue weighted by Crippen LogP contribution is -2.29. The third-order valence-corrected chi connectivity index (χ3v) is 1.29. The van der Waals surface area contributed by atoms with Crippen molar-refractivity contribution in [3.8, 4) is 0 Å². The summed E-state index contributed by atoms with van der Waals surface area (Å²) in [5.74, 6) is -0.933. The van der Waals surface area contributed by atoms with Gasteiger partial charge in [0, 0.05) is 0 Å². The lowest BCUT2D eigenvalue weighted by Gasteiger charge is -2.03. The van der Waals surface area contributed by atoms with Crippen LogP contribution in [0, 0.1) is 0 Å². The van der Waals surface area contributed by atoms with Crippen molar-refractivity contribution in [1.82, 2.24) is 0 Å². The van der Waals surface area contributed by atoms with Crippen LogP contribution >= 0.6 is 49.6 Å². The third-order valence-electron chi connectivity index (χ3n) is 1.29. The van der Waals surface area contributed by atoms with Gasteiger partial charge in [0.15, 0.2) is 0 Å². The Balaban J connectivity index is -0.0000000675. The molecule has 0 amide bonds. The molecule has 0 aromatic carbocycles. The van der Waals surface area contributed by atoms with Gasteiger partial charge in [-0.1, -0.05) is 6.42 Å². The molecule has 0 heterocycles. The highest BCUT2D eigenvalue weighted by Crippen LogP contribution is 1.96. The maximum atomic E-state index is 10.1. The molecule has 14 heavy (non-hydrogen) atoms. The molecule has 0 fully saturated rings. The Morgan fingerprint density at radius 3 is 1.86 bits per heavy atom. The van der Waals surface area contributed by atoms with Gasteiger partial charge in [-0.3, -0.25) is 4.79 Å². The molecule has 0 aliphatic rings. The van der Waals surface area contributed by atoms with E-state index in [0.29, 0.717) is 13.0 Å². The van der Waals surface area contributed by atoms with Gasteiger partial charge < -0.3 is 16.6 Å². The van der Waals surface area contributed by atoms with Crippen LogP contribution < -0.4 is 11.5 Å². The van der Waals surface area contributed by atoms with Gasteiger partial charge in [0.1, 0.15) is 6.04 Å². The van der Waals surface area contributed by atoms with Crippen LogP contribution in [0.2, 0.25) is 0 Å². The first kappa shape index (κ1) is 29.3. The molecule has 0 rings (SSSR count). The number of carboxylic acid groups (broad SMARTS) is 1. The molecule has 4 nitrogen and oxygen atoms in total. The average Bonchev–Trinajstić information content (AvgIpc) is 1.88. The number of rotatable bonds is 5. The van der Waals surface area contributed by atoms with Crippen LogP contribution in [-0.2, 0) is 4.79 Å². The molecule has 0 radical (unpaired) electrons. The summed E-state index contributed by atoms with van der Waals surface area (Å²) < 4.78 is 0. The van der Waals surface area contributed by atoms with Crippen molar-refractivity contribution in [2.24, 2.45) is 11.5 Å². The van der Waals surface area contributed by atoms with Crippen molar-refractivity contribution >= 4 is 55.6 Å². The first-order valence-electron chi connectivity index (χ1n) is 3.37. The molecule has 0 bridgehead atoms. The smallest absolute Gasteiger partial charge is 0.320 e. The predicted octanol–water partition coefficient (Wildman–Crippen LogP) is 1.21. The number of halogens is 4. The Morgan fingerprint density at radius 1 is 1.14 bits per heavy atom. The summed E-state index contributed by atoms with van der Waals surface area (Å²) >= 11 is 0. The van der Waals surface area contributed by atoms with E-state index in [1.807, 2.05) is 0 Å². The van der Waals surface area contributed by atoms with Gasteiger partial charge in [-0.2, -0.15) is 0 Å². The van der Waals surface area contributed by atoms with Crippen molar-refractivity contribution in [2.75, 3.05) is 6.54 Å². The number of carbonyl (C=O) groups is 1. The van der Waals surface area contributed by atoms with Crippen LogP contribution in [-0.4, -0.2) is 23.7 Å². The van der Waals surface area contributed by atoms with E-state index in [4.69, 9.17) is 16.6 Å². The lowest BCUT2D eigenvalue weighted by atomic mass is 10.1. The monoisotopic (exact) mass is 290 g/mol. The molecule has 0 spiro atoms. The van der Waals surface area contributed by atoms with Crippen LogP contribution in [0.1, 0.15) is 19.3 Å². The van der Waals surface area contributed by atoms with E-state index in [-0.39, 0.29) is 49.6 Å². The summed E-state index contributed by atoms with van der Waals surface area (Å²) in [5, 5.41) is 8.33. The fraction of sp³-hybridized carbons (Fsp3) is 0.833. The maximum absolute atomic E-state index is 10.1. The van der Waals surface area contributed by atoms with Gasteiger partial charge in [0.05, 0.1) is 0 Å². The summed E-state index contributed by atoms with van der Waals surface area (Å²) in [4.78, 5) is 10.1. The van der Waals surface area contributed by atoms with E-state index in [1.54, 1.807) is 0 Å². The van der Waals surface area contributed by atoms with E-state index in [1.165, 1.54) is 0 Å². The Bertz CT molecular complexity index is 118. The third kappa shape index (κ3) is 18.4. The second-order valence-corrected chi connectivity index (χ2v) is 2.23. The van der Waals surface area contributed by atoms with Crippen molar-refractivity contribution in [3.63, 3.8) is 0 Å². The molecule has 0 aliphatic carbocycles. The van der Waals surface area contributed by atoms with Gasteiger partial charge in [-0.05, 0) is 19.4 Å². The molecule has 0 saturated heterocycles. The average molecular weight is 292 g/mol. The predicted molar refractivity (Wildman–Crippen MR) is 67.5 cm³/mol. The second-order valence-electron chi connectivity index (χ2n) is 2.23. The highest BCUT2D eigenvalue weighted by atomic mass is 35.5. The van der Waals surface area contributed by atoms with E-state index in [9.17, 15) is 4.79 Å². The highest BCUT2D eigenvalue weighted by molar-refractivity contribution is 5.86. The minimum absolute atomic E-state index is 0. The number of hydrogen-bond acceptors (Lipinski definition) is 3. The van der Waals surface area contributed by atoms with Crippen molar-refractivity contribution in [1.29, 1.82) is 0 Å². The molecule has 0 aromatic rings. The largest absolute Gasteiger partial charge is 0.480 e. The van der Waals surface area contributed by atoms with E-state index >= 15 is 0 Å². The molecule has 92 valence electrons. The Kier molecular flexibility index (Phi) is 40.1. The quantitative estimate of drug-likeness (QED) is 0.664. The summed E-state index contributed by atoms with van der Waals surface area (Å²) in [6.07, 6.45) is 2.16. The number of aliphatic carboxylic acids is 1. The number of carboxylic acids is 1. The van der Waals surface area contributed by atoms with Gasteiger partial charge in [0.2, 0.25) is 0 Å². The van der Waals surface area contributed by atoms with Crippen LogP contribution in [0.15, 0.2) is 0 Å². The van der Waals surface area contributed by atoms with E-state index < -0.39 is 12.0 Å². The van der Waals surface area contributed by atoms with Gasteiger partial charge >= 0.3 is 5.97 Å². The number of unbranched alkanes of at least 4 members (excludes halogenated alkanes) is 1. The minimum Gasteiger partial charge on any atom is -0.480 e. The summed E-state index contributed by atoms with van der Waals surface area (Å²) in [6.45, 7) is 0.604. The van der Waals surface area contributed by atoms with Crippen molar-refractivity contribution in [2.45, 2.75) is 25.3 Å². The fourth-order valence-electron chi connectivity index (χ4n) is 0.632. The highest BCUT2D eigenvalue weighted by Gasteiger charge is 2.09. The molecule has 0 aromatic heterocycles. The molecule has 1 unspecified atom stereocenters. The van der Waals surface area contributed by atoms with Crippen molar-refractivity contribution < 1.29 is 9.90 Å². The van der Waals surface area contributed by atoms with E-state index in [2.05, 4.69) is 0 Å². The topological polar surface area (TPSA) is 89.3 Å². The van der Waals surface area contributed by atoms with Crippen LogP contribution in [0.3, 0.4) is 0 Å². The van der Waals surface area contributed by atoms with Crippen molar-refractivity contribution in [3.05, 3.63) is 0 Å². The second kappa shape index (κ2) is 19.2. The molecule has 0 aliphatic heterocycles. The summed E-state index contributed by atoms with van der Waals surface area (Å²) in [6, 6.07) is -0.716. The molecule has 8 heteroatoms. The standard InChI is InChI=1S/C6H14N2O2.4ClH/c7-4-2-1-3-5(8)6(9)10;;;;/h5H,1-4,7-8H2,(H,9,10);4*1H. The Labute approximate surface area is 109 Å². The normalized spacial score (nSPS) is 9.29. The molecule has 1 atom stereocenters. The molecule has 0 saturated carbocycles. The zero-order valence-corrected chi connectivity index (χ0v) is 10.8. The molecular weight excluding hydrogens is 274 g/mol. The summed E-state index contributed by atoms with van der Waals surface area (Å²) in [7, 11) is 0. The maximum Gasteiger partial charge on any atom is 0.320 e. The van der Waals surface area contributed by atoms with Crippen LogP contribution in [0.25, 0.3) is 0 Å². The zero-order valence-electron chi connectivity index (χ0n) is 7.55. The lowest BCUT2D eigenvalue weighted by molar-refractivity contribution is -0.138. The Hall–Kier alpha value is 0.550. The fourth-order valence-corrected chi connectivity index (χ4v) is 0.632. The van der Waals surface area contributed by atoms with Crippen LogP contribution in [0.5, 0.6) is 0 Å². The Morgan fingerprint density at radius 2 is 1.57 bits per heavy atom. The first-order valence-corrected chi connectivity index (χ1v) is 3.37. The number of nitrogens with two attached hydrogens (primary N) is 2. The molecular formula is C6H18Cl4N2O2. The summed E-state index contributed by atoms with van der Waals surface area (Å²) in [5.41, 5.74) is 10.4. The van der Waals surface area contributed by atoms with E-state index in [0.717, 1.165) is 12.8 Å². The minimum atomic E-state index is -0.933. The first-order chi connectivity index (χ1) is 4.68. The van der Waals surface area contributed by atoms with Gasteiger partial charge in [-0.15, -0.1) is 49.6 Å². The van der Waals surface area contributed by atoms with Crippen LogP contribution in [0.4, 0.5) is 0 Å². The van der Waals surface area contributed by atoms with Gasteiger partial charge in [0.25, 0.3) is 0 Å². The molecule has 5 N–H and O–H groups in total. The van der Waals surface area contributed by atoms with Gasteiger partial charge in [-0.25, -0.2) is 0 Å².